The smallest absolute Gasteiger partial charge is 0.251 e. The zero-order valence-electron chi connectivity index (χ0n) is 11.9. The Bertz CT molecular complexity index is 631. The molecule has 0 aliphatic carbocycles. The Balaban J connectivity index is 1.95. The Morgan fingerprint density at radius 2 is 1.43 bits per heavy atom. The van der Waals surface area contributed by atoms with E-state index >= 15 is 0 Å². The Labute approximate surface area is 124 Å². The summed E-state index contributed by atoms with van der Waals surface area (Å²) in [6, 6.07) is 14.4. The van der Waals surface area contributed by atoms with Crippen molar-refractivity contribution in [3.63, 3.8) is 0 Å². The summed E-state index contributed by atoms with van der Waals surface area (Å²) in [6.07, 6.45) is 0. The molecule has 0 saturated carbocycles. The van der Waals surface area contributed by atoms with Crippen LogP contribution in [0, 0.1) is 0 Å². The van der Waals surface area contributed by atoms with E-state index in [0.29, 0.717) is 24.2 Å². The minimum absolute atomic E-state index is 0.0121. The van der Waals surface area contributed by atoms with Crippen LogP contribution >= 0.6 is 0 Å². The van der Waals surface area contributed by atoms with Crippen molar-refractivity contribution in [3.05, 3.63) is 70.8 Å². The molecule has 0 atom stereocenters. The zero-order chi connectivity index (χ0) is 15.2. The second kappa shape index (κ2) is 6.81. The lowest BCUT2D eigenvalue weighted by atomic mass is 10.1. The second-order valence-corrected chi connectivity index (χ2v) is 4.84. The molecule has 0 spiro atoms. The van der Waals surface area contributed by atoms with Gasteiger partial charge in [0.15, 0.2) is 5.78 Å². The van der Waals surface area contributed by atoms with Crippen molar-refractivity contribution in [2.75, 3.05) is 0 Å². The topological polar surface area (TPSA) is 72.2 Å². The molecule has 2 aromatic rings. The van der Waals surface area contributed by atoms with Crippen LogP contribution in [0.2, 0.25) is 0 Å². The molecule has 108 valence electrons. The van der Waals surface area contributed by atoms with Gasteiger partial charge in [-0.25, -0.2) is 0 Å². The molecule has 0 aliphatic rings. The van der Waals surface area contributed by atoms with Crippen LogP contribution in [0.3, 0.4) is 0 Å². The summed E-state index contributed by atoms with van der Waals surface area (Å²) in [5.41, 5.74) is 8.75. The van der Waals surface area contributed by atoms with Gasteiger partial charge in [0.25, 0.3) is 5.91 Å². The second-order valence-electron chi connectivity index (χ2n) is 4.84. The first kappa shape index (κ1) is 14.9. The fourth-order valence-corrected chi connectivity index (χ4v) is 1.93. The first-order valence-electron chi connectivity index (χ1n) is 6.77. The summed E-state index contributed by atoms with van der Waals surface area (Å²) in [5, 5.41) is 2.85. The zero-order valence-corrected chi connectivity index (χ0v) is 11.9. The highest BCUT2D eigenvalue weighted by atomic mass is 16.1. The van der Waals surface area contributed by atoms with Crippen LogP contribution < -0.4 is 11.1 Å². The summed E-state index contributed by atoms with van der Waals surface area (Å²) >= 11 is 0. The third kappa shape index (κ3) is 4.00. The van der Waals surface area contributed by atoms with Gasteiger partial charge in [-0.3, -0.25) is 9.59 Å². The number of nitrogens with one attached hydrogen (secondary N) is 1. The lowest BCUT2D eigenvalue weighted by molar-refractivity contribution is 0.0949. The van der Waals surface area contributed by atoms with Crippen LogP contribution in [-0.2, 0) is 13.1 Å². The van der Waals surface area contributed by atoms with E-state index in [0.717, 1.165) is 11.1 Å². The quantitative estimate of drug-likeness (QED) is 0.826. The van der Waals surface area contributed by atoms with Gasteiger partial charge in [-0.15, -0.1) is 0 Å². The van der Waals surface area contributed by atoms with E-state index in [1.54, 1.807) is 24.3 Å². The maximum absolute atomic E-state index is 12.0. The maximum atomic E-state index is 12.0. The third-order valence-corrected chi connectivity index (χ3v) is 3.27. The van der Waals surface area contributed by atoms with Crippen LogP contribution in [0.4, 0.5) is 0 Å². The van der Waals surface area contributed by atoms with Crippen LogP contribution in [0.5, 0.6) is 0 Å². The van der Waals surface area contributed by atoms with Gasteiger partial charge in [-0.1, -0.05) is 36.4 Å². The van der Waals surface area contributed by atoms with Crippen molar-refractivity contribution in [2.45, 2.75) is 20.0 Å². The number of hydrogen-bond donors (Lipinski definition) is 2. The predicted molar refractivity (Wildman–Crippen MR) is 82.0 cm³/mol. The molecule has 0 radical (unpaired) electrons. The molecule has 21 heavy (non-hydrogen) atoms. The molecular formula is C17H18N2O2. The number of hydrogen-bond acceptors (Lipinski definition) is 3. The highest BCUT2D eigenvalue weighted by Crippen LogP contribution is 2.07. The monoisotopic (exact) mass is 282 g/mol. The largest absolute Gasteiger partial charge is 0.348 e. The van der Waals surface area contributed by atoms with Crippen LogP contribution in [0.25, 0.3) is 0 Å². The summed E-state index contributed by atoms with van der Waals surface area (Å²) in [7, 11) is 0. The first-order chi connectivity index (χ1) is 10.1. The SMILES string of the molecule is CC(=O)c1ccc(C(=O)NCc2ccc(CN)cc2)cc1. The highest BCUT2D eigenvalue weighted by molar-refractivity contribution is 5.97. The van der Waals surface area contributed by atoms with Gasteiger partial charge in [-0.2, -0.15) is 0 Å². The number of ketones is 1. The maximum Gasteiger partial charge on any atom is 0.251 e. The normalized spacial score (nSPS) is 10.2. The van der Waals surface area contributed by atoms with E-state index in [4.69, 9.17) is 5.73 Å². The van der Waals surface area contributed by atoms with Crippen molar-refractivity contribution in [1.29, 1.82) is 0 Å². The van der Waals surface area contributed by atoms with E-state index in [9.17, 15) is 9.59 Å². The molecule has 0 fully saturated rings. The van der Waals surface area contributed by atoms with Crippen molar-refractivity contribution in [1.82, 2.24) is 5.32 Å². The Hall–Kier alpha value is -2.46. The summed E-state index contributed by atoms with van der Waals surface area (Å²) < 4.78 is 0. The van der Waals surface area contributed by atoms with Crippen LogP contribution in [0.15, 0.2) is 48.5 Å². The van der Waals surface area contributed by atoms with E-state index in [2.05, 4.69) is 5.32 Å². The molecule has 0 saturated heterocycles. The average molecular weight is 282 g/mol. The highest BCUT2D eigenvalue weighted by Gasteiger charge is 2.06. The Kier molecular flexibility index (Phi) is 4.85. The van der Waals surface area contributed by atoms with E-state index in [1.807, 2.05) is 24.3 Å². The number of benzene rings is 2. The molecule has 4 heteroatoms. The van der Waals surface area contributed by atoms with Crippen molar-refractivity contribution < 1.29 is 9.59 Å². The standard InChI is InChI=1S/C17H18N2O2/c1-12(20)15-6-8-16(9-7-15)17(21)19-11-14-4-2-13(10-18)3-5-14/h2-9H,10-11,18H2,1H3,(H,19,21). The van der Waals surface area contributed by atoms with Crippen molar-refractivity contribution in [3.8, 4) is 0 Å². The van der Waals surface area contributed by atoms with Crippen molar-refractivity contribution >= 4 is 11.7 Å². The number of amides is 1. The third-order valence-electron chi connectivity index (χ3n) is 3.27. The molecule has 0 aliphatic heterocycles. The van der Waals surface area contributed by atoms with Crippen LogP contribution in [0.1, 0.15) is 38.8 Å². The fraction of sp³-hybridized carbons (Fsp3) is 0.176. The summed E-state index contributed by atoms with van der Waals surface area (Å²) in [6.45, 7) is 2.47. The van der Waals surface area contributed by atoms with E-state index in [1.165, 1.54) is 6.92 Å². The number of carbonyl (C=O) groups is 2. The van der Waals surface area contributed by atoms with Gasteiger partial charge >= 0.3 is 0 Å². The van der Waals surface area contributed by atoms with Gasteiger partial charge in [0.1, 0.15) is 0 Å². The Morgan fingerprint density at radius 1 is 0.905 bits per heavy atom. The van der Waals surface area contributed by atoms with E-state index < -0.39 is 0 Å². The van der Waals surface area contributed by atoms with E-state index in [-0.39, 0.29) is 11.7 Å². The van der Waals surface area contributed by atoms with Crippen molar-refractivity contribution in [2.24, 2.45) is 5.73 Å². The molecule has 1 amide bonds. The molecular weight excluding hydrogens is 264 g/mol. The minimum Gasteiger partial charge on any atom is -0.348 e. The van der Waals surface area contributed by atoms with Gasteiger partial charge in [0, 0.05) is 24.2 Å². The number of nitrogens with two attached hydrogens (primary N) is 1. The molecule has 0 heterocycles. The van der Waals surface area contributed by atoms with Gasteiger partial charge in [0.05, 0.1) is 0 Å². The number of carbonyl (C=O) groups excluding carboxylic acids is 2. The summed E-state index contributed by atoms with van der Waals surface area (Å²) in [4.78, 5) is 23.2. The molecule has 0 aromatic heterocycles. The molecule has 4 nitrogen and oxygen atoms in total. The lowest BCUT2D eigenvalue weighted by Crippen LogP contribution is -2.22. The number of rotatable bonds is 5. The molecule has 3 N–H and O–H groups in total. The molecule has 0 unspecified atom stereocenters. The van der Waals surface area contributed by atoms with Gasteiger partial charge in [-0.05, 0) is 30.2 Å². The van der Waals surface area contributed by atoms with Gasteiger partial charge in [0.2, 0.25) is 0 Å². The Morgan fingerprint density at radius 3 is 1.95 bits per heavy atom. The first-order valence-corrected chi connectivity index (χ1v) is 6.77. The fourth-order valence-electron chi connectivity index (χ4n) is 1.93. The van der Waals surface area contributed by atoms with Crippen LogP contribution in [-0.4, -0.2) is 11.7 Å². The summed E-state index contributed by atoms with van der Waals surface area (Å²) in [5.74, 6) is -0.171. The molecule has 2 rings (SSSR count). The lowest BCUT2D eigenvalue weighted by Gasteiger charge is -2.06. The minimum atomic E-state index is -0.159. The molecule has 0 bridgehead atoms. The average Bonchev–Trinajstić information content (AvgIpc) is 2.53. The number of Topliss-reactive ketones (excluding diaryl/α,β-unsaturated/α-hetero) is 1. The van der Waals surface area contributed by atoms with Gasteiger partial charge < -0.3 is 11.1 Å². The predicted octanol–water partition coefficient (Wildman–Crippen LogP) is 2.28. The molecule has 2 aromatic carbocycles.